The average Bonchev–Trinajstić information content (AvgIpc) is 2.94. The van der Waals surface area contributed by atoms with Gasteiger partial charge >= 0.3 is 0 Å². The van der Waals surface area contributed by atoms with Crippen molar-refractivity contribution in [1.82, 2.24) is 15.5 Å². The van der Waals surface area contributed by atoms with Gasteiger partial charge < -0.3 is 15.0 Å². The molecule has 1 unspecified atom stereocenters. The van der Waals surface area contributed by atoms with Gasteiger partial charge in [0.25, 0.3) is 0 Å². The van der Waals surface area contributed by atoms with Crippen LogP contribution in [0.25, 0.3) is 0 Å². The summed E-state index contributed by atoms with van der Waals surface area (Å²) in [5, 5.41) is 6.76. The molecule has 0 saturated carbocycles. The van der Waals surface area contributed by atoms with Crippen molar-refractivity contribution in [2.45, 2.75) is 19.6 Å². The predicted molar refractivity (Wildman–Crippen MR) is 75.1 cm³/mol. The molecule has 0 radical (unpaired) electrons. The first kappa shape index (κ1) is 15.1. The Bertz CT molecular complexity index is 571. The SMILES string of the molecule is CCOC(c1ccccc1)c1noc(CNCC(N)=O)n1. The lowest BCUT2D eigenvalue weighted by atomic mass is 10.1. The van der Waals surface area contributed by atoms with Gasteiger partial charge in [-0.1, -0.05) is 35.5 Å². The Kier molecular flexibility index (Phi) is 5.42. The number of rotatable bonds is 8. The molecule has 21 heavy (non-hydrogen) atoms. The number of primary amides is 1. The molecular formula is C14H18N4O3. The van der Waals surface area contributed by atoms with Gasteiger partial charge in [0.15, 0.2) is 0 Å². The van der Waals surface area contributed by atoms with Gasteiger partial charge in [0.1, 0.15) is 6.10 Å². The summed E-state index contributed by atoms with van der Waals surface area (Å²) < 4.78 is 10.8. The van der Waals surface area contributed by atoms with Crippen molar-refractivity contribution in [3.05, 3.63) is 47.6 Å². The first-order chi connectivity index (χ1) is 10.2. The molecule has 7 heteroatoms. The Morgan fingerprint density at radius 2 is 2.19 bits per heavy atom. The van der Waals surface area contributed by atoms with Crippen LogP contribution in [0.2, 0.25) is 0 Å². The lowest BCUT2D eigenvalue weighted by Crippen LogP contribution is -2.28. The average molecular weight is 290 g/mol. The van der Waals surface area contributed by atoms with E-state index in [1.165, 1.54) is 0 Å². The Balaban J connectivity index is 2.07. The number of amides is 1. The molecule has 3 N–H and O–H groups in total. The number of hydrogen-bond acceptors (Lipinski definition) is 6. The number of hydrogen-bond donors (Lipinski definition) is 2. The quantitative estimate of drug-likeness (QED) is 0.744. The van der Waals surface area contributed by atoms with Gasteiger partial charge in [-0.15, -0.1) is 0 Å². The van der Waals surface area contributed by atoms with Gasteiger partial charge in [0.2, 0.25) is 17.6 Å². The summed E-state index contributed by atoms with van der Waals surface area (Å²) in [6, 6.07) is 9.68. The maximum Gasteiger partial charge on any atom is 0.240 e. The van der Waals surface area contributed by atoms with Gasteiger partial charge in [-0.2, -0.15) is 4.98 Å². The number of nitrogens with zero attached hydrogens (tertiary/aromatic N) is 2. The van der Waals surface area contributed by atoms with Gasteiger partial charge in [0.05, 0.1) is 13.1 Å². The monoisotopic (exact) mass is 290 g/mol. The zero-order chi connectivity index (χ0) is 15.1. The minimum atomic E-state index is -0.439. The highest BCUT2D eigenvalue weighted by Crippen LogP contribution is 2.23. The molecule has 2 aromatic rings. The number of carbonyl (C=O) groups excluding carboxylic acids is 1. The summed E-state index contributed by atoms with van der Waals surface area (Å²) in [4.78, 5) is 14.9. The van der Waals surface area contributed by atoms with Gasteiger partial charge in [0, 0.05) is 6.61 Å². The van der Waals surface area contributed by atoms with E-state index in [9.17, 15) is 4.79 Å². The fourth-order valence-electron chi connectivity index (χ4n) is 1.85. The van der Waals surface area contributed by atoms with Crippen LogP contribution in [0.3, 0.4) is 0 Å². The smallest absolute Gasteiger partial charge is 0.240 e. The summed E-state index contributed by atoms with van der Waals surface area (Å²) in [7, 11) is 0. The topological polar surface area (TPSA) is 103 Å². The van der Waals surface area contributed by atoms with Crippen molar-refractivity contribution in [2.75, 3.05) is 13.2 Å². The normalized spacial score (nSPS) is 12.2. The van der Waals surface area contributed by atoms with Crippen LogP contribution in [0.4, 0.5) is 0 Å². The fraction of sp³-hybridized carbons (Fsp3) is 0.357. The second-order valence-electron chi connectivity index (χ2n) is 4.36. The summed E-state index contributed by atoms with van der Waals surface area (Å²) in [6.45, 7) is 2.78. The highest BCUT2D eigenvalue weighted by Gasteiger charge is 2.20. The third-order valence-electron chi connectivity index (χ3n) is 2.73. The molecule has 2 rings (SSSR count). The molecule has 112 valence electrons. The summed E-state index contributed by atoms with van der Waals surface area (Å²) >= 11 is 0. The maximum absolute atomic E-state index is 10.6. The number of benzene rings is 1. The first-order valence-electron chi connectivity index (χ1n) is 6.68. The standard InChI is InChI=1S/C14H18N4O3/c1-2-20-13(10-6-4-3-5-7-10)14-17-12(21-18-14)9-16-8-11(15)19/h3-7,13,16H,2,8-9H2,1H3,(H2,15,19). The van der Waals surface area contributed by atoms with Crippen LogP contribution in [0.15, 0.2) is 34.9 Å². The minimum absolute atomic E-state index is 0.0608. The molecule has 0 aliphatic carbocycles. The number of nitrogens with two attached hydrogens (primary N) is 1. The summed E-state index contributed by atoms with van der Waals surface area (Å²) in [6.07, 6.45) is -0.371. The van der Waals surface area contributed by atoms with E-state index in [4.69, 9.17) is 15.0 Å². The van der Waals surface area contributed by atoms with Crippen molar-refractivity contribution in [2.24, 2.45) is 5.73 Å². The number of ether oxygens (including phenoxy) is 1. The van der Waals surface area contributed by atoms with Gasteiger partial charge in [-0.25, -0.2) is 0 Å². The number of carbonyl (C=O) groups is 1. The predicted octanol–water partition coefficient (Wildman–Crippen LogP) is 0.770. The molecule has 0 spiro atoms. The number of nitrogens with one attached hydrogen (secondary N) is 1. The van der Waals surface area contributed by atoms with E-state index in [1.807, 2.05) is 37.3 Å². The molecule has 0 aliphatic rings. The van der Waals surface area contributed by atoms with Crippen molar-refractivity contribution >= 4 is 5.91 Å². The largest absolute Gasteiger partial charge is 0.369 e. The van der Waals surface area contributed by atoms with E-state index >= 15 is 0 Å². The van der Waals surface area contributed by atoms with Crippen LogP contribution in [-0.4, -0.2) is 29.2 Å². The van der Waals surface area contributed by atoms with Crippen LogP contribution in [0.5, 0.6) is 0 Å². The molecule has 0 saturated heterocycles. The van der Waals surface area contributed by atoms with Crippen molar-refractivity contribution in [3.8, 4) is 0 Å². The van der Waals surface area contributed by atoms with Gasteiger partial charge in [-0.05, 0) is 12.5 Å². The third kappa shape index (κ3) is 4.37. The fourth-order valence-corrected chi connectivity index (χ4v) is 1.85. The zero-order valence-corrected chi connectivity index (χ0v) is 11.8. The molecule has 0 aliphatic heterocycles. The van der Waals surface area contributed by atoms with Crippen molar-refractivity contribution in [3.63, 3.8) is 0 Å². The second-order valence-corrected chi connectivity index (χ2v) is 4.36. The summed E-state index contributed by atoms with van der Waals surface area (Å²) in [5.41, 5.74) is 5.99. The lowest BCUT2D eigenvalue weighted by Gasteiger charge is -2.13. The second kappa shape index (κ2) is 7.51. The molecule has 7 nitrogen and oxygen atoms in total. The Morgan fingerprint density at radius 3 is 2.86 bits per heavy atom. The van der Waals surface area contributed by atoms with E-state index in [0.29, 0.717) is 18.3 Å². The van der Waals surface area contributed by atoms with Crippen LogP contribution in [0.1, 0.15) is 30.3 Å². The van der Waals surface area contributed by atoms with E-state index < -0.39 is 5.91 Å². The highest BCUT2D eigenvalue weighted by molar-refractivity contribution is 5.75. The lowest BCUT2D eigenvalue weighted by molar-refractivity contribution is -0.117. The first-order valence-corrected chi connectivity index (χ1v) is 6.68. The molecular weight excluding hydrogens is 272 g/mol. The van der Waals surface area contributed by atoms with Crippen LogP contribution >= 0.6 is 0 Å². The Labute approximate surface area is 122 Å². The molecule has 1 aromatic carbocycles. The molecule has 1 amide bonds. The van der Waals surface area contributed by atoms with E-state index in [0.717, 1.165) is 5.56 Å². The summed E-state index contributed by atoms with van der Waals surface area (Å²) in [5.74, 6) is 0.400. The Morgan fingerprint density at radius 1 is 1.43 bits per heavy atom. The molecule has 1 aromatic heterocycles. The number of aromatic nitrogens is 2. The van der Waals surface area contributed by atoms with Crippen molar-refractivity contribution in [1.29, 1.82) is 0 Å². The molecule has 0 fully saturated rings. The zero-order valence-electron chi connectivity index (χ0n) is 11.8. The third-order valence-corrected chi connectivity index (χ3v) is 2.73. The van der Waals surface area contributed by atoms with E-state index in [1.54, 1.807) is 0 Å². The van der Waals surface area contributed by atoms with E-state index in [-0.39, 0.29) is 19.2 Å². The van der Waals surface area contributed by atoms with Crippen LogP contribution in [-0.2, 0) is 16.1 Å². The Hall–Kier alpha value is -2.25. The highest BCUT2D eigenvalue weighted by atomic mass is 16.5. The molecule has 0 bridgehead atoms. The maximum atomic E-state index is 10.6. The van der Waals surface area contributed by atoms with Crippen molar-refractivity contribution < 1.29 is 14.1 Å². The van der Waals surface area contributed by atoms with Crippen LogP contribution in [0, 0.1) is 0 Å². The molecule has 1 heterocycles. The molecule has 1 atom stereocenters. The van der Waals surface area contributed by atoms with E-state index in [2.05, 4.69) is 15.5 Å². The van der Waals surface area contributed by atoms with Crippen LogP contribution < -0.4 is 11.1 Å². The van der Waals surface area contributed by atoms with Gasteiger partial charge in [-0.3, -0.25) is 10.1 Å². The minimum Gasteiger partial charge on any atom is -0.369 e.